The van der Waals surface area contributed by atoms with E-state index in [4.69, 9.17) is 56.1 Å². The molecule has 0 aliphatic rings. The minimum absolute atomic E-state index is 0.163. The topological polar surface area (TPSA) is 43.2 Å². The molecule has 4 nitrogen and oxygen atoms in total. The van der Waals surface area contributed by atoms with Crippen molar-refractivity contribution in [2.45, 2.75) is 0 Å². The standard InChI is InChI=1S/C15H10Cl4N2O2/c16-12-3-1-10(14(18)5-12)7-20-22-9-23-21-8-11-2-4-13(17)6-15(11)19/h1-8H,9H2. The van der Waals surface area contributed by atoms with Crippen molar-refractivity contribution in [2.75, 3.05) is 6.79 Å². The van der Waals surface area contributed by atoms with Gasteiger partial charge in [0, 0.05) is 21.2 Å². The molecule has 0 unspecified atom stereocenters. The van der Waals surface area contributed by atoms with Gasteiger partial charge in [-0.15, -0.1) is 0 Å². The van der Waals surface area contributed by atoms with Crippen molar-refractivity contribution in [3.63, 3.8) is 0 Å². The smallest absolute Gasteiger partial charge is 0.280 e. The fourth-order valence-corrected chi connectivity index (χ4v) is 2.40. The molecule has 0 aliphatic carbocycles. The molecule has 23 heavy (non-hydrogen) atoms. The lowest BCUT2D eigenvalue weighted by atomic mass is 10.2. The normalized spacial score (nSPS) is 11.3. The first-order valence-corrected chi connectivity index (χ1v) is 7.78. The third kappa shape index (κ3) is 5.92. The van der Waals surface area contributed by atoms with E-state index in [0.29, 0.717) is 31.2 Å². The SMILES string of the molecule is Clc1ccc(C=NOCON=Cc2ccc(Cl)cc2Cl)c(Cl)c1. The fourth-order valence-electron chi connectivity index (χ4n) is 1.48. The molecule has 0 saturated heterocycles. The van der Waals surface area contributed by atoms with Gasteiger partial charge in [0.25, 0.3) is 6.79 Å². The molecule has 0 heterocycles. The van der Waals surface area contributed by atoms with Crippen LogP contribution in [0.25, 0.3) is 0 Å². The lowest BCUT2D eigenvalue weighted by Crippen LogP contribution is -1.92. The molecule has 0 aliphatic heterocycles. The number of hydrogen-bond acceptors (Lipinski definition) is 4. The highest BCUT2D eigenvalue weighted by Crippen LogP contribution is 2.20. The van der Waals surface area contributed by atoms with Gasteiger partial charge in [-0.3, -0.25) is 0 Å². The second-order valence-corrected chi connectivity index (χ2v) is 5.86. The molecule has 0 aromatic heterocycles. The maximum absolute atomic E-state index is 5.98. The second-order valence-electron chi connectivity index (χ2n) is 4.18. The van der Waals surface area contributed by atoms with Gasteiger partial charge in [0.15, 0.2) is 0 Å². The highest BCUT2D eigenvalue weighted by atomic mass is 35.5. The van der Waals surface area contributed by atoms with E-state index in [0.717, 1.165) is 0 Å². The summed E-state index contributed by atoms with van der Waals surface area (Å²) in [4.78, 5) is 9.80. The Morgan fingerprint density at radius 1 is 0.739 bits per heavy atom. The third-order valence-corrected chi connectivity index (χ3v) is 3.69. The maximum atomic E-state index is 5.98. The Morgan fingerprint density at radius 3 is 1.57 bits per heavy atom. The molecule has 0 amide bonds. The van der Waals surface area contributed by atoms with Crippen molar-refractivity contribution < 1.29 is 9.68 Å². The Labute approximate surface area is 153 Å². The van der Waals surface area contributed by atoms with Crippen LogP contribution >= 0.6 is 46.4 Å². The summed E-state index contributed by atoms with van der Waals surface area (Å²) in [5.41, 5.74) is 1.35. The molecule has 0 atom stereocenters. The molecular weight excluding hydrogens is 382 g/mol. The van der Waals surface area contributed by atoms with Crippen molar-refractivity contribution in [3.05, 3.63) is 67.6 Å². The maximum Gasteiger partial charge on any atom is 0.280 e. The first-order valence-electron chi connectivity index (χ1n) is 6.27. The van der Waals surface area contributed by atoms with Gasteiger partial charge < -0.3 is 9.68 Å². The van der Waals surface area contributed by atoms with Gasteiger partial charge in [-0.2, -0.15) is 0 Å². The zero-order valence-corrected chi connectivity index (χ0v) is 14.6. The van der Waals surface area contributed by atoms with Gasteiger partial charge >= 0.3 is 0 Å². The quantitative estimate of drug-likeness (QED) is 0.276. The number of benzene rings is 2. The number of hydrogen-bond donors (Lipinski definition) is 0. The Morgan fingerprint density at radius 2 is 1.17 bits per heavy atom. The van der Waals surface area contributed by atoms with Gasteiger partial charge in [-0.25, -0.2) is 0 Å². The summed E-state index contributed by atoms with van der Waals surface area (Å²) >= 11 is 23.5. The zero-order valence-electron chi connectivity index (χ0n) is 11.5. The summed E-state index contributed by atoms with van der Waals surface area (Å²) in [6, 6.07) is 10.1. The first kappa shape index (κ1) is 17.9. The summed E-state index contributed by atoms with van der Waals surface area (Å²) in [5.74, 6) is 0. The zero-order chi connectivity index (χ0) is 16.7. The highest BCUT2D eigenvalue weighted by molar-refractivity contribution is 6.36. The minimum Gasteiger partial charge on any atom is -0.352 e. The molecule has 120 valence electrons. The van der Waals surface area contributed by atoms with E-state index in [9.17, 15) is 0 Å². The van der Waals surface area contributed by atoms with Crippen LogP contribution < -0.4 is 0 Å². The Kier molecular flexibility index (Phi) is 6.99. The summed E-state index contributed by atoms with van der Waals surface area (Å²) in [7, 11) is 0. The van der Waals surface area contributed by atoms with E-state index in [1.165, 1.54) is 12.4 Å². The molecule has 0 N–H and O–H groups in total. The van der Waals surface area contributed by atoms with Crippen LogP contribution in [0.5, 0.6) is 0 Å². The lowest BCUT2D eigenvalue weighted by Gasteiger charge is -2.00. The average molecular weight is 392 g/mol. The molecule has 0 bridgehead atoms. The number of oxime groups is 2. The van der Waals surface area contributed by atoms with Crippen molar-refractivity contribution in [2.24, 2.45) is 10.3 Å². The van der Waals surface area contributed by atoms with Crippen molar-refractivity contribution >= 4 is 58.8 Å². The van der Waals surface area contributed by atoms with E-state index in [1.807, 2.05) is 0 Å². The van der Waals surface area contributed by atoms with E-state index >= 15 is 0 Å². The van der Waals surface area contributed by atoms with Crippen LogP contribution in [0.3, 0.4) is 0 Å². The molecule has 0 saturated carbocycles. The largest absolute Gasteiger partial charge is 0.352 e. The van der Waals surface area contributed by atoms with Crippen molar-refractivity contribution in [1.29, 1.82) is 0 Å². The van der Waals surface area contributed by atoms with Crippen molar-refractivity contribution in [1.82, 2.24) is 0 Å². The Balaban J connectivity index is 1.77. The predicted molar refractivity (Wildman–Crippen MR) is 95.1 cm³/mol. The van der Waals surface area contributed by atoms with Crippen LogP contribution in [0.4, 0.5) is 0 Å². The number of halogens is 4. The van der Waals surface area contributed by atoms with Crippen molar-refractivity contribution in [3.8, 4) is 0 Å². The summed E-state index contributed by atoms with van der Waals surface area (Å²) in [6.45, 7) is -0.163. The summed E-state index contributed by atoms with van der Waals surface area (Å²) in [6.07, 6.45) is 2.89. The van der Waals surface area contributed by atoms with Crippen LogP contribution in [0, 0.1) is 0 Å². The van der Waals surface area contributed by atoms with Crippen LogP contribution in [-0.2, 0) is 9.68 Å². The molecule has 0 radical (unpaired) electrons. The van der Waals surface area contributed by atoms with Gasteiger partial charge in [0.05, 0.1) is 22.5 Å². The van der Waals surface area contributed by atoms with E-state index in [-0.39, 0.29) is 6.79 Å². The molecule has 0 spiro atoms. The van der Waals surface area contributed by atoms with Crippen LogP contribution in [0.15, 0.2) is 46.7 Å². The monoisotopic (exact) mass is 390 g/mol. The van der Waals surface area contributed by atoms with Crippen LogP contribution in [0.1, 0.15) is 11.1 Å². The van der Waals surface area contributed by atoms with Gasteiger partial charge in [-0.05, 0) is 24.3 Å². The van der Waals surface area contributed by atoms with E-state index < -0.39 is 0 Å². The van der Waals surface area contributed by atoms with Gasteiger partial charge in [0.2, 0.25) is 0 Å². The second kappa shape index (κ2) is 8.99. The number of rotatable bonds is 6. The molecule has 8 heteroatoms. The molecule has 2 aromatic carbocycles. The summed E-state index contributed by atoms with van der Waals surface area (Å²) in [5, 5.41) is 9.46. The van der Waals surface area contributed by atoms with E-state index in [2.05, 4.69) is 10.3 Å². The highest BCUT2D eigenvalue weighted by Gasteiger charge is 1.99. The minimum atomic E-state index is -0.163. The first-order chi connectivity index (χ1) is 11.1. The molecule has 0 fully saturated rings. The lowest BCUT2D eigenvalue weighted by molar-refractivity contribution is -0.0493. The Bertz CT molecular complexity index is 674. The fraction of sp³-hybridized carbons (Fsp3) is 0.0667. The average Bonchev–Trinajstić information content (AvgIpc) is 2.50. The van der Waals surface area contributed by atoms with Gasteiger partial charge in [0.1, 0.15) is 0 Å². The molecular formula is C15H10Cl4N2O2. The summed E-state index contributed by atoms with van der Waals surface area (Å²) < 4.78 is 0. The number of nitrogens with zero attached hydrogens (tertiary/aromatic N) is 2. The molecule has 2 rings (SSSR count). The third-order valence-electron chi connectivity index (χ3n) is 2.56. The van der Waals surface area contributed by atoms with E-state index in [1.54, 1.807) is 36.4 Å². The predicted octanol–water partition coefficient (Wildman–Crippen LogP) is 5.66. The molecule has 2 aromatic rings. The van der Waals surface area contributed by atoms with Crippen LogP contribution in [-0.4, -0.2) is 19.2 Å². The Hall–Kier alpha value is -1.46. The van der Waals surface area contributed by atoms with Gasteiger partial charge in [-0.1, -0.05) is 68.8 Å². The van der Waals surface area contributed by atoms with Crippen LogP contribution in [0.2, 0.25) is 20.1 Å².